The Kier molecular flexibility index (Phi) is 2.29. The first kappa shape index (κ1) is 9.02. The summed E-state index contributed by atoms with van der Waals surface area (Å²) >= 11 is 7.96. The summed E-state index contributed by atoms with van der Waals surface area (Å²) in [7, 11) is 0. The van der Waals surface area contributed by atoms with Crippen molar-refractivity contribution in [1.82, 2.24) is 4.98 Å². The summed E-state index contributed by atoms with van der Waals surface area (Å²) < 4.78 is 0.989. The number of benzene rings is 1. The molecule has 0 atom stereocenters. The van der Waals surface area contributed by atoms with Crippen molar-refractivity contribution in [2.24, 2.45) is 0 Å². The molecule has 4 heteroatoms. The third kappa shape index (κ3) is 1.46. The number of rotatable bonds is 0. The molecule has 1 heterocycles. The minimum absolute atomic E-state index is 0.0534. The van der Waals surface area contributed by atoms with Crippen molar-refractivity contribution in [3.05, 3.63) is 33.0 Å². The second-order valence-corrected chi connectivity index (χ2v) is 4.16. The van der Waals surface area contributed by atoms with Gasteiger partial charge in [0, 0.05) is 15.2 Å². The number of pyridine rings is 1. The summed E-state index contributed by atoms with van der Waals surface area (Å²) in [5.41, 5.74) is 0.555. The van der Waals surface area contributed by atoms with Crippen LogP contribution in [0.25, 0.3) is 10.9 Å². The molecule has 0 aliphatic heterocycles. The number of hydrogen-bond acceptors (Lipinski definition) is 2. The Balaban J connectivity index is 2.97. The molecule has 0 saturated carbocycles. The Labute approximate surface area is 93.7 Å². The van der Waals surface area contributed by atoms with Gasteiger partial charge in [0.25, 0.3) is 0 Å². The molecule has 13 heavy (non-hydrogen) atoms. The summed E-state index contributed by atoms with van der Waals surface area (Å²) in [4.78, 5) is 4.06. The van der Waals surface area contributed by atoms with Gasteiger partial charge in [-0.05, 0) is 34.7 Å². The van der Waals surface area contributed by atoms with Crippen LogP contribution in [0.1, 0.15) is 0 Å². The van der Waals surface area contributed by atoms with Crippen molar-refractivity contribution in [1.29, 1.82) is 0 Å². The smallest absolute Gasteiger partial charge is 0.160 e. The Morgan fingerprint density at radius 3 is 3.00 bits per heavy atom. The van der Waals surface area contributed by atoms with E-state index in [1.165, 1.54) is 0 Å². The zero-order chi connectivity index (χ0) is 9.42. The summed E-state index contributed by atoms with van der Waals surface area (Å²) in [6.45, 7) is 0. The van der Waals surface area contributed by atoms with Gasteiger partial charge in [0.1, 0.15) is 5.52 Å². The molecule has 2 rings (SSSR count). The highest BCUT2D eigenvalue weighted by molar-refractivity contribution is 14.1. The lowest BCUT2D eigenvalue weighted by Gasteiger charge is -2.03. The van der Waals surface area contributed by atoms with Crippen LogP contribution in [0.5, 0.6) is 5.75 Å². The van der Waals surface area contributed by atoms with Gasteiger partial charge in [-0.3, -0.25) is 4.98 Å². The molecule has 66 valence electrons. The number of fused-ring (bicyclic) bond motifs is 1. The van der Waals surface area contributed by atoms with Gasteiger partial charge in [0.2, 0.25) is 0 Å². The van der Waals surface area contributed by atoms with E-state index in [0.717, 1.165) is 8.96 Å². The lowest BCUT2D eigenvalue weighted by Crippen LogP contribution is -1.83. The molecule has 0 spiro atoms. The van der Waals surface area contributed by atoms with Crippen LogP contribution in [0.3, 0.4) is 0 Å². The van der Waals surface area contributed by atoms with E-state index < -0.39 is 0 Å². The topological polar surface area (TPSA) is 33.1 Å². The largest absolute Gasteiger partial charge is 0.504 e. The van der Waals surface area contributed by atoms with Crippen LogP contribution in [-0.2, 0) is 0 Å². The molecule has 1 aromatic heterocycles. The van der Waals surface area contributed by atoms with Crippen LogP contribution >= 0.6 is 34.2 Å². The molecule has 0 aliphatic carbocycles. The first-order valence-corrected chi connectivity index (χ1v) is 5.07. The maximum absolute atomic E-state index is 9.58. The highest BCUT2D eigenvalue weighted by Gasteiger charge is 2.08. The number of halogens is 2. The molecule has 0 aliphatic rings. The van der Waals surface area contributed by atoms with Gasteiger partial charge in [0.15, 0.2) is 5.75 Å². The second-order valence-electron chi connectivity index (χ2n) is 2.59. The third-order valence-corrected chi connectivity index (χ3v) is 2.95. The minimum atomic E-state index is 0.0534. The highest BCUT2D eigenvalue weighted by Crippen LogP contribution is 2.33. The maximum Gasteiger partial charge on any atom is 0.160 e. The molecule has 2 nitrogen and oxygen atoms in total. The number of nitrogens with zero attached hydrogens (tertiary/aromatic N) is 1. The molecule has 0 saturated heterocycles. The molecule has 2 aromatic rings. The fourth-order valence-electron chi connectivity index (χ4n) is 1.16. The van der Waals surface area contributed by atoms with Gasteiger partial charge in [-0.25, -0.2) is 0 Å². The van der Waals surface area contributed by atoms with Crippen molar-refractivity contribution >= 4 is 45.1 Å². The highest BCUT2D eigenvalue weighted by atomic mass is 127. The monoisotopic (exact) mass is 305 g/mol. The van der Waals surface area contributed by atoms with Crippen LogP contribution in [0.2, 0.25) is 5.02 Å². The van der Waals surface area contributed by atoms with Crippen molar-refractivity contribution in [3.63, 3.8) is 0 Å². The molecule has 0 amide bonds. The van der Waals surface area contributed by atoms with E-state index in [0.29, 0.717) is 10.5 Å². The van der Waals surface area contributed by atoms with Gasteiger partial charge in [0.05, 0.1) is 5.02 Å². The third-order valence-electron chi connectivity index (χ3n) is 1.77. The fourth-order valence-corrected chi connectivity index (χ4v) is 2.29. The normalized spacial score (nSPS) is 10.6. The van der Waals surface area contributed by atoms with E-state index in [9.17, 15) is 5.11 Å². The van der Waals surface area contributed by atoms with Crippen molar-refractivity contribution in [2.45, 2.75) is 0 Å². The van der Waals surface area contributed by atoms with Gasteiger partial charge in [-0.15, -0.1) is 0 Å². The number of aromatic nitrogens is 1. The predicted octanol–water partition coefficient (Wildman–Crippen LogP) is 3.20. The number of aromatic hydroxyl groups is 1. The molecule has 1 aromatic carbocycles. The van der Waals surface area contributed by atoms with E-state index >= 15 is 0 Å². The zero-order valence-corrected chi connectivity index (χ0v) is 9.37. The number of hydrogen-bond donors (Lipinski definition) is 1. The Bertz CT molecular complexity index is 472. The number of phenolic OH excluding ortho intramolecular Hbond substituents is 1. The summed E-state index contributed by atoms with van der Waals surface area (Å²) in [6, 6.07) is 5.46. The predicted molar refractivity (Wildman–Crippen MR) is 61.1 cm³/mol. The quantitative estimate of drug-likeness (QED) is 0.758. The molecule has 0 bridgehead atoms. The van der Waals surface area contributed by atoms with Gasteiger partial charge in [-0.2, -0.15) is 0 Å². The molecular formula is C9H5ClINO. The van der Waals surface area contributed by atoms with Crippen molar-refractivity contribution in [2.75, 3.05) is 0 Å². The summed E-state index contributed by atoms with van der Waals surface area (Å²) in [6.07, 6.45) is 1.63. The van der Waals surface area contributed by atoms with Crippen molar-refractivity contribution in [3.8, 4) is 5.75 Å². The van der Waals surface area contributed by atoms with E-state index in [4.69, 9.17) is 11.6 Å². The Hall–Kier alpha value is -0.550. The van der Waals surface area contributed by atoms with E-state index in [2.05, 4.69) is 27.6 Å². The molecule has 1 N–H and O–H groups in total. The SMILES string of the molecule is Oc1c(Cl)cc(I)c2cccnc12. The average molecular weight is 306 g/mol. The maximum atomic E-state index is 9.58. The minimum Gasteiger partial charge on any atom is -0.504 e. The molecule has 0 radical (unpaired) electrons. The fraction of sp³-hybridized carbons (Fsp3) is 0. The Morgan fingerprint density at radius 1 is 1.46 bits per heavy atom. The van der Waals surface area contributed by atoms with Gasteiger partial charge >= 0.3 is 0 Å². The van der Waals surface area contributed by atoms with E-state index in [1.54, 1.807) is 12.3 Å². The first-order chi connectivity index (χ1) is 6.20. The molecule has 0 fully saturated rings. The van der Waals surface area contributed by atoms with E-state index in [-0.39, 0.29) is 5.75 Å². The van der Waals surface area contributed by atoms with Crippen LogP contribution in [0.15, 0.2) is 24.4 Å². The van der Waals surface area contributed by atoms with Crippen molar-refractivity contribution < 1.29 is 5.11 Å². The lowest BCUT2D eigenvalue weighted by molar-refractivity contribution is 0.480. The lowest BCUT2D eigenvalue weighted by atomic mass is 10.2. The molecule has 0 unspecified atom stereocenters. The number of phenols is 1. The molecular weight excluding hydrogens is 300 g/mol. The summed E-state index contributed by atoms with van der Waals surface area (Å²) in [5, 5.41) is 10.8. The van der Waals surface area contributed by atoms with Crippen LogP contribution in [0, 0.1) is 3.57 Å². The van der Waals surface area contributed by atoms with Crippen LogP contribution < -0.4 is 0 Å². The second kappa shape index (κ2) is 3.31. The van der Waals surface area contributed by atoms with Crippen LogP contribution in [-0.4, -0.2) is 10.1 Å². The van der Waals surface area contributed by atoms with E-state index in [1.807, 2.05) is 12.1 Å². The summed E-state index contributed by atoms with van der Waals surface area (Å²) in [5.74, 6) is 0.0534. The Morgan fingerprint density at radius 2 is 2.23 bits per heavy atom. The van der Waals surface area contributed by atoms with Gasteiger partial charge < -0.3 is 5.11 Å². The standard InChI is InChI=1S/C9H5ClINO/c10-6-4-7(11)5-2-1-3-12-8(5)9(6)13/h1-4,13H. The average Bonchev–Trinajstić information content (AvgIpc) is 2.15. The first-order valence-electron chi connectivity index (χ1n) is 3.62. The van der Waals surface area contributed by atoms with Gasteiger partial charge in [-0.1, -0.05) is 17.7 Å². The zero-order valence-electron chi connectivity index (χ0n) is 6.46. The van der Waals surface area contributed by atoms with Crippen LogP contribution in [0.4, 0.5) is 0 Å².